The number of aliphatic hydroxyl groups is 1. The quantitative estimate of drug-likeness (QED) is 0.841. The van der Waals surface area contributed by atoms with Crippen molar-refractivity contribution in [1.29, 1.82) is 0 Å². The molecule has 0 saturated carbocycles. The van der Waals surface area contributed by atoms with Gasteiger partial charge in [-0.3, -0.25) is 4.57 Å². The third-order valence-corrected chi connectivity index (χ3v) is 3.84. The second kappa shape index (κ2) is 5.64. The van der Waals surface area contributed by atoms with Gasteiger partial charge in [0.15, 0.2) is 12.4 Å². The van der Waals surface area contributed by atoms with Crippen LogP contribution in [-0.4, -0.2) is 46.8 Å². The van der Waals surface area contributed by atoms with Crippen molar-refractivity contribution in [1.82, 2.24) is 9.55 Å². The number of rotatable bonds is 3. The number of hydrogen-bond acceptors (Lipinski definition) is 6. The molecule has 0 amide bonds. The largest absolute Gasteiger partial charge is 0.394 e. The van der Waals surface area contributed by atoms with Gasteiger partial charge in [-0.25, -0.2) is 9.18 Å². The summed E-state index contributed by atoms with van der Waals surface area (Å²) < 4.78 is 26.2. The van der Waals surface area contributed by atoms with E-state index >= 15 is 0 Å². The van der Waals surface area contributed by atoms with Crippen molar-refractivity contribution in [2.24, 2.45) is 0 Å². The first kappa shape index (κ1) is 14.9. The standard InChI is InChI=1S/C14H16FN3O4/c1-21-11-9(6-19)22-13(10(11)15)18-8-5-3-2-4-7(8)12(16)17-14(18)20/h2-5,9-11,13,19H,6H2,1H3,(H2,16,17,20)/t9-,10-,11-,13-/m1/s1. The number of nitrogen functional groups attached to an aromatic ring is 1. The first-order valence-electron chi connectivity index (χ1n) is 6.78. The molecule has 7 nitrogen and oxygen atoms in total. The maximum absolute atomic E-state index is 14.6. The van der Waals surface area contributed by atoms with Crippen LogP contribution >= 0.6 is 0 Å². The molecule has 1 fully saturated rings. The molecule has 118 valence electrons. The van der Waals surface area contributed by atoms with Crippen LogP contribution in [0.2, 0.25) is 0 Å². The number of hydrogen-bond donors (Lipinski definition) is 2. The Morgan fingerprint density at radius 2 is 2.23 bits per heavy atom. The van der Waals surface area contributed by atoms with E-state index in [0.717, 1.165) is 4.57 Å². The van der Waals surface area contributed by atoms with Crippen molar-refractivity contribution in [2.45, 2.75) is 24.6 Å². The number of nitrogens with zero attached hydrogens (tertiary/aromatic N) is 2. The van der Waals surface area contributed by atoms with Crippen molar-refractivity contribution < 1.29 is 19.0 Å². The minimum absolute atomic E-state index is 0.0762. The van der Waals surface area contributed by atoms with Gasteiger partial charge in [-0.1, -0.05) is 12.1 Å². The maximum atomic E-state index is 14.6. The maximum Gasteiger partial charge on any atom is 0.352 e. The van der Waals surface area contributed by atoms with Crippen molar-refractivity contribution in [2.75, 3.05) is 19.5 Å². The molecule has 3 N–H and O–H groups in total. The number of alkyl halides is 1. The zero-order chi connectivity index (χ0) is 15.9. The molecule has 22 heavy (non-hydrogen) atoms. The van der Waals surface area contributed by atoms with Gasteiger partial charge in [0.05, 0.1) is 12.1 Å². The molecule has 0 spiro atoms. The second-order valence-electron chi connectivity index (χ2n) is 5.06. The molecule has 8 heteroatoms. The van der Waals surface area contributed by atoms with Gasteiger partial charge in [0, 0.05) is 12.5 Å². The van der Waals surface area contributed by atoms with Crippen LogP contribution in [0.4, 0.5) is 10.2 Å². The minimum atomic E-state index is -1.62. The molecule has 2 aromatic rings. The molecule has 1 aromatic heterocycles. The van der Waals surface area contributed by atoms with E-state index < -0.39 is 36.9 Å². The molecular formula is C14H16FN3O4. The molecule has 1 saturated heterocycles. The highest BCUT2D eigenvalue weighted by molar-refractivity contribution is 5.88. The molecule has 1 aliphatic heterocycles. The van der Waals surface area contributed by atoms with Crippen LogP contribution in [0.3, 0.4) is 0 Å². The van der Waals surface area contributed by atoms with E-state index in [-0.39, 0.29) is 5.82 Å². The highest BCUT2D eigenvalue weighted by atomic mass is 19.1. The topological polar surface area (TPSA) is 99.6 Å². The lowest BCUT2D eigenvalue weighted by Gasteiger charge is -2.19. The molecular weight excluding hydrogens is 293 g/mol. The Balaban J connectivity index is 2.17. The number of halogens is 1. The summed E-state index contributed by atoms with van der Waals surface area (Å²) in [5, 5.41) is 9.81. The molecule has 2 heterocycles. The number of nitrogens with two attached hydrogens (primary N) is 1. The summed E-state index contributed by atoms with van der Waals surface area (Å²) in [7, 11) is 1.33. The van der Waals surface area contributed by atoms with E-state index in [1.807, 2.05) is 0 Å². The second-order valence-corrected chi connectivity index (χ2v) is 5.06. The number of fused-ring (bicyclic) bond motifs is 1. The molecule has 3 rings (SSSR count). The number of ether oxygens (including phenoxy) is 2. The molecule has 0 radical (unpaired) electrons. The fraction of sp³-hybridized carbons (Fsp3) is 0.429. The first-order valence-corrected chi connectivity index (χ1v) is 6.78. The number of aromatic nitrogens is 2. The zero-order valence-electron chi connectivity index (χ0n) is 11.8. The Morgan fingerprint density at radius 1 is 1.50 bits per heavy atom. The van der Waals surface area contributed by atoms with Crippen molar-refractivity contribution >= 4 is 16.7 Å². The number of aliphatic hydroxyl groups excluding tert-OH is 1. The summed E-state index contributed by atoms with van der Waals surface area (Å²) in [4.78, 5) is 15.9. The highest BCUT2D eigenvalue weighted by Gasteiger charge is 2.47. The van der Waals surface area contributed by atoms with Gasteiger partial charge in [-0.05, 0) is 12.1 Å². The van der Waals surface area contributed by atoms with Gasteiger partial charge < -0.3 is 20.3 Å². The Kier molecular flexibility index (Phi) is 3.81. The van der Waals surface area contributed by atoms with E-state index in [1.54, 1.807) is 24.3 Å². The van der Waals surface area contributed by atoms with Crippen molar-refractivity contribution in [3.05, 3.63) is 34.7 Å². The summed E-state index contributed by atoms with van der Waals surface area (Å²) in [6.45, 7) is -0.412. The predicted molar refractivity (Wildman–Crippen MR) is 77.1 cm³/mol. The van der Waals surface area contributed by atoms with Crippen LogP contribution in [0.1, 0.15) is 6.23 Å². The van der Waals surface area contributed by atoms with Crippen LogP contribution in [-0.2, 0) is 9.47 Å². The minimum Gasteiger partial charge on any atom is -0.394 e. The summed E-state index contributed by atoms with van der Waals surface area (Å²) in [5.41, 5.74) is 5.45. The molecule has 0 bridgehead atoms. The third kappa shape index (κ3) is 2.16. The fourth-order valence-electron chi connectivity index (χ4n) is 2.80. The summed E-state index contributed by atoms with van der Waals surface area (Å²) >= 11 is 0. The Labute approximate surface area is 125 Å². The smallest absolute Gasteiger partial charge is 0.352 e. The molecule has 0 unspecified atom stereocenters. The van der Waals surface area contributed by atoms with E-state index in [2.05, 4.69) is 4.98 Å². The average Bonchev–Trinajstić information content (AvgIpc) is 2.83. The molecule has 0 aliphatic carbocycles. The normalized spacial score (nSPS) is 28.3. The lowest BCUT2D eigenvalue weighted by Crippen LogP contribution is -2.35. The van der Waals surface area contributed by atoms with Gasteiger partial charge in [0.25, 0.3) is 0 Å². The first-order chi connectivity index (χ1) is 10.6. The fourth-order valence-corrected chi connectivity index (χ4v) is 2.80. The predicted octanol–water partition coefficient (Wildman–Crippen LogP) is 0.221. The number of methoxy groups -OCH3 is 1. The molecule has 4 atom stereocenters. The van der Waals surface area contributed by atoms with Crippen LogP contribution in [0.15, 0.2) is 29.1 Å². The van der Waals surface area contributed by atoms with Gasteiger partial charge in [0.2, 0.25) is 0 Å². The van der Waals surface area contributed by atoms with Crippen molar-refractivity contribution in [3.8, 4) is 0 Å². The van der Waals surface area contributed by atoms with E-state index in [0.29, 0.717) is 10.9 Å². The number of para-hydroxylation sites is 1. The molecule has 1 aliphatic rings. The van der Waals surface area contributed by atoms with E-state index in [4.69, 9.17) is 15.2 Å². The van der Waals surface area contributed by atoms with Crippen LogP contribution < -0.4 is 11.4 Å². The summed E-state index contributed by atoms with van der Waals surface area (Å²) in [6, 6.07) is 6.77. The zero-order valence-corrected chi connectivity index (χ0v) is 11.8. The lowest BCUT2D eigenvalue weighted by molar-refractivity contribution is -0.0529. The average molecular weight is 309 g/mol. The Morgan fingerprint density at radius 3 is 2.86 bits per heavy atom. The molecule has 1 aromatic carbocycles. The van der Waals surface area contributed by atoms with Crippen molar-refractivity contribution in [3.63, 3.8) is 0 Å². The van der Waals surface area contributed by atoms with E-state index in [9.17, 15) is 14.3 Å². The number of benzene rings is 1. The monoisotopic (exact) mass is 309 g/mol. The van der Waals surface area contributed by atoms with Gasteiger partial charge in [-0.15, -0.1) is 0 Å². The Bertz CT molecular complexity index is 750. The van der Waals surface area contributed by atoms with Crippen LogP contribution in [0, 0.1) is 0 Å². The van der Waals surface area contributed by atoms with Gasteiger partial charge in [-0.2, -0.15) is 4.98 Å². The number of anilines is 1. The summed E-state index contributed by atoms with van der Waals surface area (Å²) in [6.07, 6.45) is -4.66. The van der Waals surface area contributed by atoms with Gasteiger partial charge >= 0.3 is 5.69 Å². The highest BCUT2D eigenvalue weighted by Crippen LogP contribution is 2.34. The van der Waals surface area contributed by atoms with Crippen LogP contribution in [0.25, 0.3) is 10.9 Å². The third-order valence-electron chi connectivity index (χ3n) is 3.84. The van der Waals surface area contributed by atoms with E-state index in [1.165, 1.54) is 7.11 Å². The van der Waals surface area contributed by atoms with Crippen LogP contribution in [0.5, 0.6) is 0 Å². The summed E-state index contributed by atoms with van der Waals surface area (Å²) in [5.74, 6) is 0.0762. The Hall–Kier alpha value is -2.03. The lowest BCUT2D eigenvalue weighted by atomic mass is 10.1. The SMILES string of the molecule is CO[C@H]1[C@@H](F)[C@H](n2c(=O)nc(N)c3ccccc32)O[C@@H]1CO. The van der Waals surface area contributed by atoms with Gasteiger partial charge in [0.1, 0.15) is 18.0 Å².